The maximum absolute atomic E-state index is 13.4. The van der Waals surface area contributed by atoms with Crippen LogP contribution in [-0.2, 0) is 92.2 Å². The van der Waals surface area contributed by atoms with Crippen molar-refractivity contribution < 1.29 is 118 Å². The molecule has 5 heterocycles. The third-order valence-electron chi connectivity index (χ3n) is 16.4. The standard InChI is InChI=1S/C56H79N9O26P4S3/c1-36-15-19-42-40(31-36)55(2,3)46(63(42)26-11-29-97(79,80)81)21-16-37-13-10-14-38(17-22-47-56(4,5)41-32-39(88-96(77)78)18-20-43(41)64(47)27-12-30-98(82,83)84)50(37)59-25-23-48(67)58-24-8-6-7-9-28-85-92(69,70)89-94(73,74)91-95(75,76)90-93(71,72)86-34-45-44(66)33-49(87-45)65-35-60-51-52(65)61-54(57)62-53(51)68/h15-22,31-32,35,44-45,49,66H,6-14,23-30,33-34H2,1-5H3,(H11,57,58,61,62,67,68,69,70,71,72,73,74,75,76,77,78,79,80,81,82,83,84)/p+1/b37-16+,46-21-/t44?,45-,49-/m1/s1. The highest BCUT2D eigenvalue weighted by Crippen LogP contribution is 2.71. The van der Waals surface area contributed by atoms with E-state index in [1.54, 1.807) is 12.1 Å². The Labute approximate surface area is 566 Å². The van der Waals surface area contributed by atoms with Gasteiger partial charge in [0.2, 0.25) is 17.5 Å². The van der Waals surface area contributed by atoms with Gasteiger partial charge < -0.3 is 54.9 Å². The summed E-state index contributed by atoms with van der Waals surface area (Å²) in [5.74, 6) is -1.38. The summed E-state index contributed by atoms with van der Waals surface area (Å²) in [4.78, 5) is 78.1. The first kappa shape index (κ1) is 78.2. The van der Waals surface area contributed by atoms with Crippen molar-refractivity contribution in [3.8, 4) is 5.75 Å². The highest BCUT2D eigenvalue weighted by Gasteiger charge is 2.48. The van der Waals surface area contributed by atoms with Gasteiger partial charge in [0.15, 0.2) is 16.9 Å². The molecule has 1 fully saturated rings. The number of carbonyl (C=O) groups excluding carboxylic acids is 1. The van der Waals surface area contributed by atoms with Gasteiger partial charge in [-0.25, -0.2) is 23.2 Å². The summed E-state index contributed by atoms with van der Waals surface area (Å²) in [5.41, 5.74) is 12.0. The van der Waals surface area contributed by atoms with Gasteiger partial charge in [-0.1, -0.05) is 56.5 Å². The molecule has 6 unspecified atom stereocenters. The molecule has 2 aromatic carbocycles. The number of unbranched alkanes of at least 4 members (excludes halogenated alkanes) is 3. The van der Waals surface area contributed by atoms with Crippen molar-refractivity contribution in [2.75, 3.05) is 61.5 Å². The molecular formula is C56H80N9O26P4S3+. The highest BCUT2D eigenvalue weighted by molar-refractivity contribution is 7.86. The fourth-order valence-electron chi connectivity index (χ4n) is 11.9. The van der Waals surface area contributed by atoms with Crippen LogP contribution in [0.5, 0.6) is 5.75 Å². The molecule has 98 heavy (non-hydrogen) atoms. The number of ether oxygens (including phenoxy) is 1. The van der Waals surface area contributed by atoms with Gasteiger partial charge in [-0.15, -0.1) is 0 Å². The normalized spacial score (nSPS) is 22.3. The van der Waals surface area contributed by atoms with Crippen LogP contribution < -0.4 is 31.0 Å². The van der Waals surface area contributed by atoms with E-state index in [1.165, 1.54) is 10.6 Å². The maximum Gasteiger partial charge on any atom is 0.490 e. The number of anilines is 2. The number of allylic oxidation sites excluding steroid dienone is 7. The first-order valence-corrected chi connectivity index (χ1v) is 40.9. The molecule has 42 heteroatoms. The molecule has 0 saturated carbocycles. The Morgan fingerprint density at radius 2 is 1.53 bits per heavy atom. The van der Waals surface area contributed by atoms with Crippen molar-refractivity contribution >= 4 is 103 Å². The molecular weight excluding hydrogens is 1430 g/mol. The molecule has 0 radical (unpaired) electrons. The molecule has 8 rings (SSSR count). The van der Waals surface area contributed by atoms with Crippen LogP contribution >= 0.6 is 31.3 Å². The second-order valence-electron chi connectivity index (χ2n) is 24.4. The Hall–Kier alpha value is -5.50. The van der Waals surface area contributed by atoms with Crippen LogP contribution in [0.2, 0.25) is 0 Å². The second kappa shape index (κ2) is 31.8. The van der Waals surface area contributed by atoms with Gasteiger partial charge in [-0.2, -0.15) is 43.5 Å². The van der Waals surface area contributed by atoms with Gasteiger partial charge in [0.1, 0.15) is 24.6 Å². The maximum atomic E-state index is 13.4. The summed E-state index contributed by atoms with van der Waals surface area (Å²) in [5, 5.41) is 16.9. The van der Waals surface area contributed by atoms with Crippen molar-refractivity contribution in [2.24, 2.45) is 0 Å². The number of nitrogens with one attached hydrogen (secondary N) is 3. The fourth-order valence-corrected chi connectivity index (χ4v) is 18.2. The second-order valence-corrected chi connectivity index (χ2v) is 34.4. The zero-order chi connectivity index (χ0) is 72.0. The lowest BCUT2D eigenvalue weighted by atomic mass is 9.80. The number of aliphatic hydroxyl groups excluding tert-OH is 1. The number of nitrogen functional groups attached to an aromatic ring is 1. The third-order valence-corrected chi connectivity index (χ3v) is 24.2. The average molecular weight is 1520 g/mol. The van der Waals surface area contributed by atoms with E-state index < -0.39 is 122 Å². The van der Waals surface area contributed by atoms with Crippen molar-refractivity contribution in [1.82, 2.24) is 30.2 Å². The number of phosphoric ester groups is 2. The zero-order valence-electron chi connectivity index (χ0n) is 53.8. The van der Waals surface area contributed by atoms with Crippen LogP contribution in [0.4, 0.5) is 17.3 Å². The predicted octanol–water partition coefficient (Wildman–Crippen LogP) is 6.55. The SMILES string of the molecule is Cc1ccc2c(c1)C(C)(C)/C(=C/C=C1\CCCC(/C=C/C3=[N+](CCCS(=O)(=O)O)c4ccc(OS(=O)O)cc4C3(C)C)=C1NCCC(=O)NCCCCCCOP(=O)(O)OP(=O)(O)OP(=O)(O)OP(=O)(O)OC[C@H]1O[C@@H](n3cnc4c(=O)[nH]c(N)nc43)CC1O)N2CCCS(=O)(=O)O. The molecule has 542 valence electrons. The summed E-state index contributed by atoms with van der Waals surface area (Å²) >= 11 is -2.62. The van der Waals surface area contributed by atoms with E-state index in [9.17, 15) is 87.2 Å². The van der Waals surface area contributed by atoms with E-state index in [-0.39, 0.29) is 87.1 Å². The molecule has 4 aliphatic rings. The van der Waals surface area contributed by atoms with Gasteiger partial charge in [0.25, 0.3) is 25.8 Å². The number of H-pyrrole nitrogens is 1. The topological polar surface area (TPSA) is 517 Å². The Bertz CT molecular complexity index is 4370. The van der Waals surface area contributed by atoms with Gasteiger partial charge in [0.05, 0.1) is 42.6 Å². The molecule has 1 saturated heterocycles. The highest BCUT2D eigenvalue weighted by atomic mass is 32.2. The number of nitrogens with two attached hydrogens (primary N) is 1. The van der Waals surface area contributed by atoms with Crippen LogP contribution in [0.3, 0.4) is 0 Å². The Kier molecular flexibility index (Phi) is 25.4. The summed E-state index contributed by atoms with van der Waals surface area (Å²) in [7, 11) is -32.0. The number of aromatic nitrogens is 4. The summed E-state index contributed by atoms with van der Waals surface area (Å²) in [6.45, 7) is 9.32. The zero-order valence-corrected chi connectivity index (χ0v) is 59.8. The lowest BCUT2D eigenvalue weighted by Gasteiger charge is -2.28. The molecule has 8 atom stereocenters. The average Bonchev–Trinajstić information content (AvgIpc) is 1.60. The number of fused-ring (bicyclic) bond motifs is 3. The minimum Gasteiger partial charge on any atom is -0.390 e. The van der Waals surface area contributed by atoms with Crippen molar-refractivity contribution in [2.45, 2.75) is 135 Å². The first-order valence-electron chi connectivity index (χ1n) is 30.6. The molecule has 1 aliphatic carbocycles. The van der Waals surface area contributed by atoms with Crippen molar-refractivity contribution in [3.05, 3.63) is 117 Å². The van der Waals surface area contributed by atoms with E-state index >= 15 is 0 Å². The van der Waals surface area contributed by atoms with Crippen LogP contribution in [0, 0.1) is 6.92 Å². The smallest absolute Gasteiger partial charge is 0.390 e. The van der Waals surface area contributed by atoms with Crippen LogP contribution in [0.1, 0.15) is 121 Å². The van der Waals surface area contributed by atoms with E-state index in [0.717, 1.165) is 57.0 Å². The number of hydrogen-bond donors (Lipinski definition) is 12. The van der Waals surface area contributed by atoms with Crippen LogP contribution in [-0.4, -0.2) is 158 Å². The Morgan fingerprint density at radius 3 is 2.22 bits per heavy atom. The third kappa shape index (κ3) is 21.1. The Balaban J connectivity index is 0.859. The quantitative estimate of drug-likeness (QED) is 0.00763. The van der Waals surface area contributed by atoms with Gasteiger partial charge in [-0.3, -0.25) is 41.8 Å². The number of phosphoric acid groups is 4. The van der Waals surface area contributed by atoms with E-state index in [2.05, 4.69) is 67.9 Å². The van der Waals surface area contributed by atoms with Crippen LogP contribution in [0.25, 0.3) is 11.2 Å². The molecule has 35 nitrogen and oxygen atoms in total. The molecule has 4 aromatic rings. The molecule has 0 spiro atoms. The molecule has 13 N–H and O–H groups in total. The molecule has 0 bridgehead atoms. The van der Waals surface area contributed by atoms with Gasteiger partial charge in [-0.05, 0) is 100 Å². The number of carbonyl (C=O) groups is 1. The Morgan fingerprint density at radius 1 is 0.857 bits per heavy atom. The molecule has 2 aromatic heterocycles. The predicted molar refractivity (Wildman–Crippen MR) is 356 cm³/mol. The minimum absolute atomic E-state index is 0.0143. The molecule has 3 aliphatic heterocycles. The monoisotopic (exact) mass is 1510 g/mol. The number of aliphatic hydroxyl groups is 1. The number of imidazole rings is 1. The van der Waals surface area contributed by atoms with Crippen molar-refractivity contribution in [3.63, 3.8) is 0 Å². The van der Waals surface area contributed by atoms with Crippen molar-refractivity contribution in [1.29, 1.82) is 0 Å². The van der Waals surface area contributed by atoms with E-state index in [0.29, 0.717) is 44.2 Å². The number of benzene rings is 2. The van der Waals surface area contributed by atoms with Crippen LogP contribution in [0.15, 0.2) is 94.4 Å². The minimum atomic E-state index is -6.14. The number of rotatable bonds is 35. The number of aryl methyl sites for hydroxylation is 1. The van der Waals surface area contributed by atoms with E-state index in [4.69, 9.17) is 19.2 Å². The number of aromatic amines is 1. The van der Waals surface area contributed by atoms with E-state index in [1.807, 2.05) is 61.8 Å². The summed E-state index contributed by atoms with van der Waals surface area (Å²) in [6.07, 6.45) is 8.36. The summed E-state index contributed by atoms with van der Waals surface area (Å²) < 4.78 is 173. The fraction of sp³-hybridized carbons (Fsp3) is 0.518. The lowest BCUT2D eigenvalue weighted by molar-refractivity contribution is -0.437. The lowest BCUT2D eigenvalue weighted by Crippen LogP contribution is -2.30. The first-order chi connectivity index (χ1) is 45.6. The number of amides is 1. The largest absolute Gasteiger partial charge is 0.490 e. The molecule has 1 amide bonds. The van der Waals surface area contributed by atoms with Gasteiger partial charge in [0, 0.05) is 79.1 Å². The number of nitrogens with zero attached hydrogens (tertiary/aromatic N) is 5. The van der Waals surface area contributed by atoms with Gasteiger partial charge >= 0.3 is 42.7 Å². The summed E-state index contributed by atoms with van der Waals surface area (Å²) in [6, 6.07) is 10.9. The number of hydrogen-bond acceptors (Lipinski definition) is 24.